The number of likely N-dealkylation sites (tertiary alicyclic amines) is 1. The molecule has 1 aliphatic heterocycles. The third-order valence-corrected chi connectivity index (χ3v) is 8.42. The van der Waals surface area contributed by atoms with Crippen LogP contribution in [0.5, 0.6) is 0 Å². The lowest BCUT2D eigenvalue weighted by atomic mass is 9.81. The number of nitriles is 1. The summed E-state index contributed by atoms with van der Waals surface area (Å²) in [7, 11) is 0. The van der Waals surface area contributed by atoms with Crippen LogP contribution in [-0.2, 0) is 14.4 Å². The molecule has 0 spiro atoms. The van der Waals surface area contributed by atoms with Gasteiger partial charge in [-0.25, -0.2) is 0 Å². The molecule has 11 heteroatoms. The molecule has 2 bridgehead atoms. The summed E-state index contributed by atoms with van der Waals surface area (Å²) in [5.41, 5.74) is -0.572. The fraction of sp³-hybridized carbons (Fsp3) is 0.483. The van der Waals surface area contributed by atoms with Crippen molar-refractivity contribution < 1.29 is 27.6 Å². The van der Waals surface area contributed by atoms with Crippen LogP contribution in [0.1, 0.15) is 38.8 Å². The van der Waals surface area contributed by atoms with E-state index in [4.69, 9.17) is 0 Å². The molecular weight excluding hydrogens is 523 g/mol. The van der Waals surface area contributed by atoms with E-state index >= 15 is 0 Å². The molecule has 5 rings (SSSR count). The van der Waals surface area contributed by atoms with E-state index in [9.17, 15) is 32.8 Å². The number of amides is 3. The number of fused-ring (bicyclic) bond motifs is 6. The number of allylic oxidation sites excluding steroid dienone is 2. The van der Waals surface area contributed by atoms with Gasteiger partial charge in [0.25, 0.3) is 0 Å². The molecule has 7 atom stereocenters. The van der Waals surface area contributed by atoms with Gasteiger partial charge in [-0.05, 0) is 40.9 Å². The molecule has 2 aromatic rings. The first-order valence-corrected chi connectivity index (χ1v) is 13.2. The molecule has 0 radical (unpaired) electrons. The predicted octanol–water partition coefficient (Wildman–Crippen LogP) is 3.66. The molecule has 1 saturated heterocycles. The van der Waals surface area contributed by atoms with Gasteiger partial charge in [-0.3, -0.25) is 19.4 Å². The van der Waals surface area contributed by atoms with Gasteiger partial charge >= 0.3 is 12.1 Å². The largest absolute Gasteiger partial charge is 0.471 e. The quantitative estimate of drug-likeness (QED) is 0.549. The zero-order valence-electron chi connectivity index (χ0n) is 22.3. The minimum Gasteiger partial charge on any atom is -0.336 e. The maximum Gasteiger partial charge on any atom is 0.471 e. The van der Waals surface area contributed by atoms with Gasteiger partial charge in [0.15, 0.2) is 0 Å². The van der Waals surface area contributed by atoms with Crippen LogP contribution in [0.25, 0.3) is 10.8 Å². The fourth-order valence-electron chi connectivity index (χ4n) is 6.58. The van der Waals surface area contributed by atoms with E-state index in [0.29, 0.717) is 5.56 Å². The molecule has 40 heavy (non-hydrogen) atoms. The zero-order valence-corrected chi connectivity index (χ0v) is 22.3. The topological polar surface area (TPSA) is 115 Å². The summed E-state index contributed by atoms with van der Waals surface area (Å²) in [5.74, 6) is -3.64. The number of carbonyl (C=O) groups is 3. The highest BCUT2D eigenvalue weighted by Crippen LogP contribution is 2.54. The molecular formula is C29H30F3N5O3. The van der Waals surface area contributed by atoms with Crippen molar-refractivity contribution in [1.29, 1.82) is 5.26 Å². The van der Waals surface area contributed by atoms with Crippen molar-refractivity contribution in [3.63, 3.8) is 0 Å². The number of hydrogen-bond acceptors (Lipinski definition) is 5. The minimum atomic E-state index is -5.17. The molecule has 7 unspecified atom stereocenters. The normalized spacial score (nSPS) is 26.7. The Labute approximate surface area is 229 Å². The monoisotopic (exact) mass is 553 g/mol. The Hall–Kier alpha value is -3.94. The van der Waals surface area contributed by atoms with Gasteiger partial charge in [0.2, 0.25) is 11.8 Å². The number of aromatic nitrogens is 1. The molecule has 210 valence electrons. The van der Waals surface area contributed by atoms with Gasteiger partial charge in [-0.15, -0.1) is 0 Å². The van der Waals surface area contributed by atoms with Crippen LogP contribution in [0.4, 0.5) is 13.2 Å². The van der Waals surface area contributed by atoms with E-state index in [1.165, 1.54) is 11.1 Å². The average molecular weight is 554 g/mol. The van der Waals surface area contributed by atoms with Gasteiger partial charge in [-0.2, -0.15) is 18.4 Å². The van der Waals surface area contributed by atoms with Crippen LogP contribution >= 0.6 is 0 Å². The Kier molecular flexibility index (Phi) is 6.84. The van der Waals surface area contributed by atoms with E-state index in [1.54, 1.807) is 27.0 Å². The van der Waals surface area contributed by atoms with Crippen molar-refractivity contribution >= 4 is 28.5 Å². The number of halogens is 3. The van der Waals surface area contributed by atoms with Crippen molar-refractivity contribution in [2.75, 3.05) is 6.54 Å². The molecule has 2 heterocycles. The third kappa shape index (κ3) is 4.80. The van der Waals surface area contributed by atoms with E-state index in [-0.39, 0.29) is 30.2 Å². The number of alkyl halides is 3. The van der Waals surface area contributed by atoms with Gasteiger partial charge in [0.05, 0.1) is 6.07 Å². The van der Waals surface area contributed by atoms with E-state index in [2.05, 4.69) is 22.4 Å². The van der Waals surface area contributed by atoms with E-state index in [1.807, 2.05) is 35.7 Å². The Morgan fingerprint density at radius 3 is 2.45 bits per heavy atom. The van der Waals surface area contributed by atoms with Gasteiger partial charge in [0, 0.05) is 29.9 Å². The second-order valence-electron chi connectivity index (χ2n) is 11.9. The number of nitrogens with zero attached hydrogens (tertiary/aromatic N) is 3. The van der Waals surface area contributed by atoms with Crippen LogP contribution in [-0.4, -0.2) is 52.4 Å². The summed E-state index contributed by atoms with van der Waals surface area (Å²) >= 11 is 0. The maximum absolute atomic E-state index is 13.9. The number of nitrogens with one attached hydrogen (secondary N) is 2. The van der Waals surface area contributed by atoms with Crippen LogP contribution in [0.2, 0.25) is 0 Å². The SMILES string of the molecule is CC(C)(C)C(NC(=O)C(F)(F)F)C(=O)N1CC2C3C=CC(C3)C2C1C(=O)NC(C#N)c1cncc2ccccc12. The highest BCUT2D eigenvalue weighted by molar-refractivity contribution is 5.95. The second kappa shape index (κ2) is 9.91. The molecule has 3 aliphatic rings. The van der Waals surface area contributed by atoms with Crippen molar-refractivity contribution in [1.82, 2.24) is 20.5 Å². The van der Waals surface area contributed by atoms with Crippen LogP contribution in [0, 0.1) is 40.4 Å². The first-order valence-electron chi connectivity index (χ1n) is 13.2. The lowest BCUT2D eigenvalue weighted by molar-refractivity contribution is -0.176. The molecule has 2 aliphatic carbocycles. The summed E-state index contributed by atoms with van der Waals surface area (Å²) in [6.45, 7) is 4.85. The summed E-state index contributed by atoms with van der Waals surface area (Å²) < 4.78 is 39.5. The van der Waals surface area contributed by atoms with E-state index in [0.717, 1.165) is 17.2 Å². The van der Waals surface area contributed by atoms with Gasteiger partial charge in [-0.1, -0.05) is 57.2 Å². The van der Waals surface area contributed by atoms with Gasteiger partial charge in [0.1, 0.15) is 18.1 Å². The summed E-state index contributed by atoms with van der Waals surface area (Å²) in [6.07, 6.45) is 2.94. The standard InChI is InChI=1S/C29H30F3N5O3/c1-28(2,3)24(36-27(40)29(30,31)32)26(39)37-14-20-15-8-9-16(10-15)22(20)23(37)25(38)35-21(11-33)19-13-34-12-17-6-4-5-7-18(17)19/h4-9,12-13,15-16,20-24H,10,14H2,1-3H3,(H,35,38)(H,36,40). The second-order valence-corrected chi connectivity index (χ2v) is 11.9. The average Bonchev–Trinajstić information content (AvgIpc) is 3.61. The molecule has 2 N–H and O–H groups in total. The first-order chi connectivity index (χ1) is 18.8. The van der Waals surface area contributed by atoms with Crippen LogP contribution in [0.15, 0.2) is 48.8 Å². The Balaban J connectivity index is 1.47. The predicted molar refractivity (Wildman–Crippen MR) is 139 cm³/mol. The lowest BCUT2D eigenvalue weighted by Gasteiger charge is -2.37. The van der Waals surface area contributed by atoms with E-state index < -0.39 is 47.4 Å². The van der Waals surface area contributed by atoms with Gasteiger partial charge < -0.3 is 15.5 Å². The maximum atomic E-state index is 13.9. The molecule has 1 aromatic heterocycles. The smallest absolute Gasteiger partial charge is 0.336 e. The first kappa shape index (κ1) is 27.6. The van der Waals surface area contributed by atoms with Crippen molar-refractivity contribution in [3.8, 4) is 6.07 Å². The minimum absolute atomic E-state index is 0.0289. The summed E-state index contributed by atoms with van der Waals surface area (Å²) in [6, 6.07) is 5.83. The number of rotatable bonds is 5. The molecule has 3 amide bonds. The van der Waals surface area contributed by atoms with Crippen LogP contribution in [0.3, 0.4) is 0 Å². The lowest BCUT2D eigenvalue weighted by Crippen LogP contribution is -2.60. The highest BCUT2D eigenvalue weighted by Gasteiger charge is 2.59. The molecule has 8 nitrogen and oxygen atoms in total. The summed E-state index contributed by atoms with van der Waals surface area (Å²) in [5, 5.41) is 16.2. The molecule has 2 fully saturated rings. The molecule has 1 saturated carbocycles. The van der Waals surface area contributed by atoms with Crippen molar-refractivity contribution in [3.05, 3.63) is 54.4 Å². The summed E-state index contributed by atoms with van der Waals surface area (Å²) in [4.78, 5) is 45.2. The Morgan fingerprint density at radius 1 is 1.07 bits per heavy atom. The van der Waals surface area contributed by atoms with Crippen molar-refractivity contribution in [2.45, 2.75) is 51.5 Å². The van der Waals surface area contributed by atoms with Crippen LogP contribution < -0.4 is 10.6 Å². The number of hydrogen-bond donors (Lipinski definition) is 2. The molecule has 1 aromatic carbocycles. The number of benzene rings is 1. The third-order valence-electron chi connectivity index (χ3n) is 8.42. The Morgan fingerprint density at radius 2 is 1.77 bits per heavy atom. The highest BCUT2D eigenvalue weighted by atomic mass is 19.4. The zero-order chi connectivity index (χ0) is 29.0. The fourth-order valence-corrected chi connectivity index (χ4v) is 6.58. The van der Waals surface area contributed by atoms with Crippen molar-refractivity contribution in [2.24, 2.45) is 29.1 Å². The number of pyridine rings is 1. The Bertz CT molecular complexity index is 1420. The number of carbonyl (C=O) groups excluding carboxylic acids is 3.